The monoisotopic (exact) mass is 429 g/mol. The van der Waals surface area contributed by atoms with E-state index in [0.717, 1.165) is 0 Å². The minimum Gasteiger partial charge on any atom is -0.492 e. The van der Waals surface area contributed by atoms with Crippen molar-refractivity contribution in [1.29, 1.82) is 0 Å². The molecule has 0 fully saturated rings. The molecular weight excluding hydrogens is 402 g/mol. The van der Waals surface area contributed by atoms with E-state index in [-0.39, 0.29) is 17.6 Å². The zero-order valence-electron chi connectivity index (χ0n) is 17.1. The molecule has 0 atom stereocenters. The largest absolute Gasteiger partial charge is 0.492 e. The Labute approximate surface area is 181 Å². The molecule has 0 aliphatic heterocycles. The maximum atomic E-state index is 12.7. The first-order chi connectivity index (χ1) is 14.4. The quantitative estimate of drug-likeness (QED) is 0.361. The van der Waals surface area contributed by atoms with Crippen molar-refractivity contribution in [2.24, 2.45) is 5.92 Å². The summed E-state index contributed by atoms with van der Waals surface area (Å²) in [5, 5.41) is 17.2. The highest BCUT2D eigenvalue weighted by Crippen LogP contribution is 2.19. The number of amides is 2. The van der Waals surface area contributed by atoms with Crippen LogP contribution in [0.15, 0.2) is 48.5 Å². The van der Waals surface area contributed by atoms with Crippen LogP contribution in [0.25, 0.3) is 0 Å². The number of hydrogen-bond acceptors (Lipinski definition) is 5. The van der Waals surface area contributed by atoms with Crippen LogP contribution >= 0.6 is 12.2 Å². The average Bonchev–Trinajstić information content (AvgIpc) is 2.72. The Hall–Kier alpha value is -2.97. The van der Waals surface area contributed by atoms with Gasteiger partial charge in [-0.05, 0) is 48.8 Å². The molecule has 30 heavy (non-hydrogen) atoms. The molecule has 8 heteroatoms. The molecule has 7 nitrogen and oxygen atoms in total. The number of hydrogen-bond donors (Lipinski definition) is 4. The number of carbonyl (C=O) groups is 2. The molecule has 0 radical (unpaired) electrons. The Kier molecular flexibility index (Phi) is 9.24. The first-order valence-electron chi connectivity index (χ1n) is 9.74. The highest BCUT2D eigenvalue weighted by atomic mass is 32.1. The van der Waals surface area contributed by atoms with Crippen molar-refractivity contribution in [2.45, 2.75) is 20.3 Å². The second kappa shape index (κ2) is 11.9. The predicted octanol–water partition coefficient (Wildman–Crippen LogP) is 2.96. The summed E-state index contributed by atoms with van der Waals surface area (Å²) in [4.78, 5) is 25.0. The van der Waals surface area contributed by atoms with Crippen LogP contribution in [0.4, 0.5) is 5.69 Å². The molecule has 2 aromatic rings. The van der Waals surface area contributed by atoms with E-state index in [4.69, 9.17) is 22.1 Å². The summed E-state index contributed by atoms with van der Waals surface area (Å²) in [7, 11) is 0. The smallest absolute Gasteiger partial charge is 0.261 e. The Morgan fingerprint density at radius 3 is 2.40 bits per heavy atom. The summed E-state index contributed by atoms with van der Waals surface area (Å²) >= 11 is 5.27. The summed E-state index contributed by atoms with van der Waals surface area (Å²) < 4.78 is 5.72. The molecule has 0 unspecified atom stereocenters. The van der Waals surface area contributed by atoms with Gasteiger partial charge in [0.1, 0.15) is 5.75 Å². The predicted molar refractivity (Wildman–Crippen MR) is 121 cm³/mol. The fraction of sp³-hybridized carbons (Fsp3) is 0.318. The average molecular weight is 430 g/mol. The van der Waals surface area contributed by atoms with Crippen molar-refractivity contribution in [1.82, 2.24) is 10.6 Å². The van der Waals surface area contributed by atoms with Crippen molar-refractivity contribution < 1.29 is 19.4 Å². The standard InChI is InChI=1S/C22H27N3O4S/c1-15(2)14-29-19-11-6-4-9-17(19)21(28)25-22(30)24-18-10-5-3-8-16(18)20(27)23-12-7-13-26/h3-6,8-11,15,26H,7,12-14H2,1-2H3,(H,23,27)(H2,24,25,28,30). The van der Waals surface area contributed by atoms with Gasteiger partial charge in [0.25, 0.3) is 11.8 Å². The van der Waals surface area contributed by atoms with Crippen LogP contribution in [0.3, 0.4) is 0 Å². The summed E-state index contributed by atoms with van der Waals surface area (Å²) in [6.07, 6.45) is 0.466. The maximum absolute atomic E-state index is 12.7. The second-order valence-corrected chi connectivity index (χ2v) is 7.40. The number of aliphatic hydroxyl groups is 1. The van der Waals surface area contributed by atoms with E-state index in [1.54, 1.807) is 48.5 Å². The molecule has 0 bridgehead atoms. The third-order valence-corrected chi connectivity index (χ3v) is 4.18. The van der Waals surface area contributed by atoms with Crippen LogP contribution in [0.5, 0.6) is 5.75 Å². The van der Waals surface area contributed by atoms with E-state index in [2.05, 4.69) is 16.0 Å². The molecule has 0 saturated heterocycles. The van der Waals surface area contributed by atoms with E-state index in [1.165, 1.54) is 0 Å². The first-order valence-corrected chi connectivity index (χ1v) is 10.2. The highest BCUT2D eigenvalue weighted by molar-refractivity contribution is 7.80. The van der Waals surface area contributed by atoms with Gasteiger partial charge in [-0.15, -0.1) is 0 Å². The van der Waals surface area contributed by atoms with Crippen molar-refractivity contribution in [3.05, 3.63) is 59.7 Å². The van der Waals surface area contributed by atoms with Gasteiger partial charge in [-0.2, -0.15) is 0 Å². The molecule has 0 aromatic heterocycles. The minimum atomic E-state index is -0.406. The van der Waals surface area contributed by atoms with Gasteiger partial charge >= 0.3 is 0 Å². The molecule has 2 rings (SSSR count). The molecule has 160 valence electrons. The number of rotatable bonds is 9. The Bertz CT molecular complexity index is 886. The lowest BCUT2D eigenvalue weighted by atomic mass is 10.1. The molecule has 0 aliphatic rings. The van der Waals surface area contributed by atoms with Crippen LogP contribution < -0.4 is 20.7 Å². The molecule has 2 aromatic carbocycles. The number of thiocarbonyl (C=S) groups is 1. The molecular formula is C22H27N3O4S. The van der Waals surface area contributed by atoms with Gasteiger partial charge < -0.3 is 20.5 Å². The van der Waals surface area contributed by atoms with Crippen molar-refractivity contribution in [3.8, 4) is 5.75 Å². The number of ether oxygens (including phenoxy) is 1. The lowest BCUT2D eigenvalue weighted by Gasteiger charge is -2.15. The first kappa shape index (κ1) is 23.3. The lowest BCUT2D eigenvalue weighted by molar-refractivity contribution is 0.0949. The van der Waals surface area contributed by atoms with E-state index in [1.807, 2.05) is 13.8 Å². The molecule has 0 aliphatic carbocycles. The summed E-state index contributed by atoms with van der Waals surface area (Å²) in [6.45, 7) is 4.90. The van der Waals surface area contributed by atoms with Crippen LogP contribution in [-0.4, -0.2) is 41.8 Å². The van der Waals surface area contributed by atoms with Crippen LogP contribution in [0.1, 0.15) is 41.0 Å². The van der Waals surface area contributed by atoms with Gasteiger partial charge in [0, 0.05) is 13.2 Å². The Morgan fingerprint density at radius 1 is 1.03 bits per heavy atom. The van der Waals surface area contributed by atoms with Gasteiger partial charge in [-0.1, -0.05) is 38.1 Å². The highest BCUT2D eigenvalue weighted by Gasteiger charge is 2.16. The van der Waals surface area contributed by atoms with Gasteiger partial charge in [-0.3, -0.25) is 14.9 Å². The summed E-state index contributed by atoms with van der Waals surface area (Å²) in [5.74, 6) is 0.101. The van der Waals surface area contributed by atoms with Crippen molar-refractivity contribution in [3.63, 3.8) is 0 Å². The minimum absolute atomic E-state index is 0.00134. The van der Waals surface area contributed by atoms with Crippen molar-refractivity contribution >= 4 is 34.8 Å². The summed E-state index contributed by atoms with van der Waals surface area (Å²) in [6, 6.07) is 13.8. The number of anilines is 1. The third kappa shape index (κ3) is 7.13. The molecule has 0 spiro atoms. The normalized spacial score (nSPS) is 10.4. The summed E-state index contributed by atoms with van der Waals surface area (Å²) in [5.41, 5.74) is 1.22. The van der Waals surface area contributed by atoms with E-state index in [0.29, 0.717) is 48.1 Å². The Morgan fingerprint density at radius 2 is 1.70 bits per heavy atom. The molecule has 4 N–H and O–H groups in total. The number of benzene rings is 2. The van der Waals surface area contributed by atoms with E-state index in [9.17, 15) is 9.59 Å². The fourth-order valence-corrected chi connectivity index (χ4v) is 2.73. The second-order valence-electron chi connectivity index (χ2n) is 6.99. The molecule has 2 amide bonds. The zero-order valence-corrected chi connectivity index (χ0v) is 17.9. The number of aliphatic hydroxyl groups excluding tert-OH is 1. The van der Waals surface area contributed by atoms with Gasteiger partial charge in [0.2, 0.25) is 0 Å². The van der Waals surface area contributed by atoms with Crippen LogP contribution in [0, 0.1) is 5.92 Å². The van der Waals surface area contributed by atoms with Gasteiger partial charge in [0.15, 0.2) is 5.11 Å². The van der Waals surface area contributed by atoms with E-state index < -0.39 is 5.91 Å². The molecule has 0 heterocycles. The number of nitrogens with one attached hydrogen (secondary N) is 3. The zero-order chi connectivity index (χ0) is 21.9. The van der Waals surface area contributed by atoms with Crippen LogP contribution in [-0.2, 0) is 0 Å². The lowest BCUT2D eigenvalue weighted by Crippen LogP contribution is -2.35. The SMILES string of the molecule is CC(C)COc1ccccc1C(=O)NC(=S)Nc1ccccc1C(=O)NCCCO. The van der Waals surface area contributed by atoms with Gasteiger partial charge in [-0.25, -0.2) is 0 Å². The van der Waals surface area contributed by atoms with Crippen LogP contribution in [0.2, 0.25) is 0 Å². The molecule has 0 saturated carbocycles. The van der Waals surface area contributed by atoms with E-state index >= 15 is 0 Å². The van der Waals surface area contributed by atoms with Crippen molar-refractivity contribution in [2.75, 3.05) is 25.1 Å². The number of carbonyl (C=O) groups excluding carboxylic acids is 2. The Balaban J connectivity index is 2.05. The third-order valence-electron chi connectivity index (χ3n) is 3.97. The maximum Gasteiger partial charge on any atom is 0.261 e. The van der Waals surface area contributed by atoms with Gasteiger partial charge in [0.05, 0.1) is 23.4 Å². The fourth-order valence-electron chi connectivity index (χ4n) is 2.53. The number of para-hydroxylation sites is 2. The topological polar surface area (TPSA) is 99.7 Å².